The number of ether oxygens (including phenoxy) is 3. The minimum atomic E-state index is -0.415. The van der Waals surface area contributed by atoms with Crippen LogP contribution in [0.5, 0.6) is 11.5 Å². The second kappa shape index (κ2) is 8.21. The normalized spacial score (nSPS) is 14.0. The van der Waals surface area contributed by atoms with Gasteiger partial charge in [-0.2, -0.15) is 0 Å². The van der Waals surface area contributed by atoms with E-state index in [1.54, 1.807) is 38.5 Å². The van der Waals surface area contributed by atoms with E-state index in [-0.39, 0.29) is 11.4 Å². The summed E-state index contributed by atoms with van der Waals surface area (Å²) in [5, 5.41) is 5.71. The van der Waals surface area contributed by atoms with Gasteiger partial charge in [-0.15, -0.1) is 0 Å². The minimum Gasteiger partial charge on any atom is -0.493 e. The van der Waals surface area contributed by atoms with Crippen LogP contribution in [-0.2, 0) is 10.2 Å². The van der Waals surface area contributed by atoms with Gasteiger partial charge in [0, 0.05) is 17.6 Å². The molecule has 7 nitrogen and oxygen atoms in total. The van der Waals surface area contributed by atoms with Crippen LogP contribution in [0.3, 0.4) is 0 Å². The van der Waals surface area contributed by atoms with Gasteiger partial charge in [0.25, 0.3) is 0 Å². The van der Waals surface area contributed by atoms with Crippen LogP contribution in [0, 0.1) is 0 Å². The van der Waals surface area contributed by atoms with E-state index in [0.29, 0.717) is 29.3 Å². The monoisotopic (exact) mass is 384 g/mol. The minimum absolute atomic E-state index is 0.0777. The van der Waals surface area contributed by atoms with Crippen molar-refractivity contribution in [1.82, 2.24) is 5.32 Å². The average molecular weight is 384 g/mol. The molecule has 0 atom stereocenters. The van der Waals surface area contributed by atoms with Gasteiger partial charge < -0.3 is 24.8 Å². The summed E-state index contributed by atoms with van der Waals surface area (Å²) in [7, 11) is 4.54. The fraction of sp³-hybridized carbons (Fsp3) is 0.333. The summed E-state index contributed by atoms with van der Waals surface area (Å²) in [5.74, 6) is 0.950. The Hall–Kier alpha value is -3.22. The number of urea groups is 1. The predicted octanol–water partition coefficient (Wildman–Crippen LogP) is 3.34. The Balaban J connectivity index is 1.59. The van der Waals surface area contributed by atoms with Gasteiger partial charge in [-0.05, 0) is 54.8 Å². The lowest BCUT2D eigenvalue weighted by molar-refractivity contribution is 0.0600. The highest BCUT2D eigenvalue weighted by molar-refractivity contribution is 5.92. The molecular formula is C21H24N2O5. The first-order valence-corrected chi connectivity index (χ1v) is 8.97. The number of amides is 2. The highest BCUT2D eigenvalue weighted by atomic mass is 16.5. The molecule has 0 unspecified atom stereocenters. The van der Waals surface area contributed by atoms with Gasteiger partial charge in [-0.25, -0.2) is 9.59 Å². The summed E-state index contributed by atoms with van der Waals surface area (Å²) in [5.41, 5.74) is 2.07. The first-order valence-electron chi connectivity index (χ1n) is 8.97. The fourth-order valence-electron chi connectivity index (χ4n) is 3.12. The largest absolute Gasteiger partial charge is 0.493 e. The van der Waals surface area contributed by atoms with Crippen molar-refractivity contribution in [2.45, 2.75) is 18.3 Å². The van der Waals surface area contributed by atoms with Crippen LogP contribution in [-0.4, -0.2) is 39.9 Å². The first kappa shape index (κ1) is 19.5. The first-order chi connectivity index (χ1) is 13.5. The molecular weight excluding hydrogens is 360 g/mol. The zero-order chi connectivity index (χ0) is 20.1. The molecule has 0 aromatic heterocycles. The van der Waals surface area contributed by atoms with Crippen molar-refractivity contribution in [3.63, 3.8) is 0 Å². The zero-order valence-corrected chi connectivity index (χ0v) is 16.2. The van der Waals surface area contributed by atoms with E-state index < -0.39 is 5.97 Å². The molecule has 2 aromatic carbocycles. The Morgan fingerprint density at radius 1 is 0.964 bits per heavy atom. The van der Waals surface area contributed by atoms with Crippen LogP contribution in [0.25, 0.3) is 0 Å². The van der Waals surface area contributed by atoms with E-state index in [1.807, 2.05) is 18.2 Å². The van der Waals surface area contributed by atoms with Crippen LogP contribution in [0.15, 0.2) is 42.5 Å². The molecule has 0 radical (unpaired) electrons. The molecule has 7 heteroatoms. The van der Waals surface area contributed by atoms with Crippen molar-refractivity contribution in [3.8, 4) is 11.5 Å². The summed E-state index contributed by atoms with van der Waals surface area (Å²) in [6, 6.07) is 12.1. The number of hydrogen-bond acceptors (Lipinski definition) is 5. The highest BCUT2D eigenvalue weighted by Gasteiger charge is 2.44. The van der Waals surface area contributed by atoms with E-state index >= 15 is 0 Å². The van der Waals surface area contributed by atoms with Crippen molar-refractivity contribution < 1.29 is 23.8 Å². The van der Waals surface area contributed by atoms with Crippen LogP contribution >= 0.6 is 0 Å². The van der Waals surface area contributed by atoms with E-state index in [0.717, 1.165) is 18.4 Å². The number of nitrogens with one attached hydrogen (secondary N) is 2. The summed E-state index contributed by atoms with van der Waals surface area (Å²) in [6.07, 6.45) is 1.99. The summed E-state index contributed by atoms with van der Waals surface area (Å²) in [6.45, 7) is 0.522. The molecule has 0 aliphatic heterocycles. The van der Waals surface area contributed by atoms with E-state index in [9.17, 15) is 9.59 Å². The molecule has 0 saturated heterocycles. The van der Waals surface area contributed by atoms with Gasteiger partial charge in [0.05, 0.1) is 26.9 Å². The molecule has 0 spiro atoms. The van der Waals surface area contributed by atoms with Crippen molar-refractivity contribution in [1.29, 1.82) is 0 Å². The van der Waals surface area contributed by atoms with Gasteiger partial charge in [-0.3, -0.25) is 0 Å². The third-order valence-corrected chi connectivity index (χ3v) is 5.00. The summed E-state index contributed by atoms with van der Waals surface area (Å²) < 4.78 is 15.3. The molecule has 1 aliphatic carbocycles. The number of hydrogen-bond donors (Lipinski definition) is 2. The second-order valence-electron chi connectivity index (χ2n) is 6.73. The smallest absolute Gasteiger partial charge is 0.337 e. The van der Waals surface area contributed by atoms with Crippen molar-refractivity contribution in [2.75, 3.05) is 33.2 Å². The second-order valence-corrected chi connectivity index (χ2v) is 6.73. The fourth-order valence-corrected chi connectivity index (χ4v) is 3.12. The van der Waals surface area contributed by atoms with Gasteiger partial charge in [-0.1, -0.05) is 6.07 Å². The number of anilines is 1. The zero-order valence-electron chi connectivity index (χ0n) is 16.2. The standard InChI is InChI=1S/C21H24N2O5/c1-26-17-9-6-15(12-18(17)27-2)21(10-11-21)13-22-20(25)23-16-7-4-14(5-8-16)19(24)28-3/h4-9,12H,10-11,13H2,1-3H3,(H2,22,23,25). The summed E-state index contributed by atoms with van der Waals surface area (Å²) in [4.78, 5) is 23.7. The molecule has 1 fully saturated rings. The Kier molecular flexibility index (Phi) is 5.73. The lowest BCUT2D eigenvalue weighted by Gasteiger charge is -2.19. The van der Waals surface area contributed by atoms with E-state index in [4.69, 9.17) is 9.47 Å². The Morgan fingerprint density at radius 3 is 2.21 bits per heavy atom. The molecule has 2 amide bonds. The maximum atomic E-state index is 12.3. The van der Waals surface area contributed by atoms with E-state index in [1.165, 1.54) is 7.11 Å². The number of benzene rings is 2. The lowest BCUT2D eigenvalue weighted by atomic mass is 9.95. The van der Waals surface area contributed by atoms with Gasteiger partial charge in [0.15, 0.2) is 11.5 Å². The number of carbonyl (C=O) groups is 2. The molecule has 0 bridgehead atoms. The third-order valence-electron chi connectivity index (χ3n) is 5.00. The Labute approximate surface area is 164 Å². The van der Waals surface area contributed by atoms with Crippen LogP contribution in [0.4, 0.5) is 10.5 Å². The highest BCUT2D eigenvalue weighted by Crippen LogP contribution is 2.49. The topological polar surface area (TPSA) is 85.9 Å². The van der Waals surface area contributed by atoms with Crippen molar-refractivity contribution in [3.05, 3.63) is 53.6 Å². The van der Waals surface area contributed by atoms with Gasteiger partial charge in [0.1, 0.15) is 0 Å². The van der Waals surface area contributed by atoms with Crippen molar-refractivity contribution in [2.24, 2.45) is 0 Å². The predicted molar refractivity (Wildman–Crippen MR) is 105 cm³/mol. The lowest BCUT2D eigenvalue weighted by Crippen LogP contribution is -2.35. The van der Waals surface area contributed by atoms with Crippen molar-refractivity contribution >= 4 is 17.7 Å². The molecule has 1 aliphatic rings. The number of carbonyl (C=O) groups excluding carboxylic acids is 2. The molecule has 3 rings (SSSR count). The molecule has 0 heterocycles. The summed E-state index contributed by atoms with van der Waals surface area (Å²) >= 11 is 0. The Bertz CT molecular complexity index is 860. The third kappa shape index (κ3) is 4.19. The molecule has 28 heavy (non-hydrogen) atoms. The van der Waals surface area contributed by atoms with E-state index in [2.05, 4.69) is 15.4 Å². The quantitative estimate of drug-likeness (QED) is 0.715. The molecule has 148 valence electrons. The van der Waals surface area contributed by atoms with Gasteiger partial charge >= 0.3 is 12.0 Å². The number of rotatable bonds is 7. The molecule has 1 saturated carbocycles. The number of methoxy groups -OCH3 is 3. The SMILES string of the molecule is COC(=O)c1ccc(NC(=O)NCC2(c3ccc(OC)c(OC)c3)CC2)cc1. The Morgan fingerprint density at radius 2 is 1.64 bits per heavy atom. The van der Waals surface area contributed by atoms with Crippen LogP contribution in [0.2, 0.25) is 0 Å². The van der Waals surface area contributed by atoms with Gasteiger partial charge in [0.2, 0.25) is 0 Å². The number of esters is 1. The van der Waals surface area contributed by atoms with Crippen LogP contribution in [0.1, 0.15) is 28.8 Å². The maximum Gasteiger partial charge on any atom is 0.337 e. The average Bonchev–Trinajstić information content (AvgIpc) is 3.53. The molecule has 2 aromatic rings. The molecule has 2 N–H and O–H groups in total. The van der Waals surface area contributed by atoms with Crippen LogP contribution < -0.4 is 20.1 Å². The maximum absolute atomic E-state index is 12.3.